The molecule has 8 nitrogen and oxygen atoms in total. The summed E-state index contributed by atoms with van der Waals surface area (Å²) < 4.78 is 0. The smallest absolute Gasteiger partial charge is 0.251 e. The lowest BCUT2D eigenvalue weighted by Gasteiger charge is -2.35. The minimum atomic E-state index is -1.000. The Balaban J connectivity index is 1.55. The van der Waals surface area contributed by atoms with Crippen LogP contribution >= 0.6 is 11.8 Å². The molecule has 228 valence electrons. The van der Waals surface area contributed by atoms with Gasteiger partial charge in [0.25, 0.3) is 5.91 Å². The van der Waals surface area contributed by atoms with Crippen molar-refractivity contribution in [3.8, 4) is 0 Å². The molecule has 0 fully saturated rings. The number of thioether (sulfide) groups is 1. The summed E-state index contributed by atoms with van der Waals surface area (Å²) in [5.41, 5.74) is 8.71. The van der Waals surface area contributed by atoms with Gasteiger partial charge in [-0.25, -0.2) is 0 Å². The van der Waals surface area contributed by atoms with Gasteiger partial charge >= 0.3 is 0 Å². The number of benzene rings is 3. The second-order valence-electron chi connectivity index (χ2n) is 12.0. The van der Waals surface area contributed by atoms with Crippen molar-refractivity contribution in [2.75, 3.05) is 12.3 Å². The number of carbonyl (C=O) groups is 3. The van der Waals surface area contributed by atoms with Crippen LogP contribution in [0.4, 0.5) is 0 Å². The number of aliphatic hydroxyl groups is 1. The van der Waals surface area contributed by atoms with Gasteiger partial charge in [0.15, 0.2) is 0 Å². The zero-order chi connectivity index (χ0) is 31.0. The molecule has 3 amide bonds. The molecule has 5 N–H and O–H groups in total. The number of amides is 3. The van der Waals surface area contributed by atoms with Crippen LogP contribution in [0.25, 0.3) is 0 Å². The van der Waals surface area contributed by atoms with E-state index in [9.17, 15) is 19.5 Å². The summed E-state index contributed by atoms with van der Waals surface area (Å²) in [6.07, 6.45) is -0.202. The fraction of sp³-hybridized carbons (Fsp3) is 0.382. The van der Waals surface area contributed by atoms with E-state index in [0.717, 1.165) is 16.9 Å². The van der Waals surface area contributed by atoms with Crippen molar-refractivity contribution in [3.05, 3.63) is 101 Å². The monoisotopic (exact) mass is 602 g/mol. The SMILES string of the molecule is CC(C)(C)NC(=O)c1ccccc1C[C@@H](O)[C@H](CSc1ccccc1)NC(=O)[C@H](CC(N)=O)N1CCc2ccccc2C1. The highest BCUT2D eigenvalue weighted by molar-refractivity contribution is 7.99. The van der Waals surface area contributed by atoms with Crippen LogP contribution in [0.1, 0.15) is 54.2 Å². The highest BCUT2D eigenvalue weighted by Gasteiger charge is 2.33. The van der Waals surface area contributed by atoms with Crippen molar-refractivity contribution in [2.45, 2.75) is 75.2 Å². The molecule has 0 radical (unpaired) electrons. The van der Waals surface area contributed by atoms with Gasteiger partial charge in [-0.05, 0) is 62.1 Å². The third-order valence-corrected chi connectivity index (χ3v) is 8.57. The third kappa shape index (κ3) is 9.41. The maximum Gasteiger partial charge on any atom is 0.251 e. The van der Waals surface area contributed by atoms with Crippen molar-refractivity contribution in [3.63, 3.8) is 0 Å². The van der Waals surface area contributed by atoms with Crippen LogP contribution in [-0.4, -0.2) is 63.8 Å². The topological polar surface area (TPSA) is 125 Å². The van der Waals surface area contributed by atoms with Crippen molar-refractivity contribution < 1.29 is 19.5 Å². The Bertz CT molecular complexity index is 1410. The number of rotatable bonds is 12. The highest BCUT2D eigenvalue weighted by atomic mass is 32.2. The molecule has 43 heavy (non-hydrogen) atoms. The maximum absolute atomic E-state index is 13.9. The molecule has 0 aromatic heterocycles. The third-order valence-electron chi connectivity index (χ3n) is 7.44. The van der Waals surface area contributed by atoms with Gasteiger partial charge in [0.2, 0.25) is 11.8 Å². The molecular weight excluding hydrogens is 560 g/mol. The van der Waals surface area contributed by atoms with E-state index in [4.69, 9.17) is 5.73 Å². The molecule has 0 spiro atoms. The number of aliphatic hydroxyl groups excluding tert-OH is 1. The first kappa shape index (κ1) is 32.3. The van der Waals surface area contributed by atoms with Gasteiger partial charge in [-0.3, -0.25) is 19.3 Å². The molecule has 0 saturated carbocycles. The van der Waals surface area contributed by atoms with E-state index < -0.39 is 29.6 Å². The first-order valence-electron chi connectivity index (χ1n) is 14.7. The molecular formula is C34H42N4O4S. The summed E-state index contributed by atoms with van der Waals surface area (Å²) in [5.74, 6) is -0.746. The number of nitrogens with two attached hydrogens (primary N) is 1. The lowest BCUT2D eigenvalue weighted by atomic mass is 9.96. The van der Waals surface area contributed by atoms with Gasteiger partial charge in [0.05, 0.1) is 24.6 Å². The average Bonchev–Trinajstić information content (AvgIpc) is 2.97. The van der Waals surface area contributed by atoms with Crippen molar-refractivity contribution >= 4 is 29.5 Å². The highest BCUT2D eigenvalue weighted by Crippen LogP contribution is 2.24. The van der Waals surface area contributed by atoms with Crippen molar-refractivity contribution in [2.24, 2.45) is 5.73 Å². The lowest BCUT2D eigenvalue weighted by molar-refractivity contribution is -0.132. The van der Waals surface area contributed by atoms with Gasteiger partial charge in [0, 0.05) is 41.3 Å². The Morgan fingerprint density at radius 1 is 0.953 bits per heavy atom. The van der Waals surface area contributed by atoms with Gasteiger partial charge in [-0.2, -0.15) is 0 Å². The number of primary amides is 1. The second kappa shape index (κ2) is 14.7. The number of carbonyl (C=O) groups excluding carboxylic acids is 3. The van der Waals surface area contributed by atoms with E-state index in [-0.39, 0.29) is 24.7 Å². The minimum Gasteiger partial charge on any atom is -0.391 e. The van der Waals surface area contributed by atoms with Gasteiger partial charge in [-0.1, -0.05) is 60.7 Å². The van der Waals surface area contributed by atoms with E-state index in [1.165, 1.54) is 17.3 Å². The molecule has 4 rings (SSSR count). The van der Waals surface area contributed by atoms with Gasteiger partial charge in [0.1, 0.15) is 0 Å². The molecule has 1 aliphatic rings. The van der Waals surface area contributed by atoms with Crippen LogP contribution < -0.4 is 16.4 Å². The Hall–Kier alpha value is -3.66. The number of nitrogens with zero attached hydrogens (tertiary/aromatic N) is 1. The summed E-state index contributed by atoms with van der Waals surface area (Å²) in [7, 11) is 0. The van der Waals surface area contributed by atoms with Crippen LogP contribution in [0.2, 0.25) is 0 Å². The Labute approximate surface area is 258 Å². The van der Waals surface area contributed by atoms with Gasteiger partial charge in [-0.15, -0.1) is 11.8 Å². The predicted octanol–water partition coefficient (Wildman–Crippen LogP) is 3.70. The maximum atomic E-state index is 13.9. The molecule has 0 bridgehead atoms. The van der Waals surface area contributed by atoms with E-state index in [2.05, 4.69) is 16.7 Å². The standard InChI is InChI=1S/C34H42N4O4S/c1-34(2,3)37-32(41)27-16-10-9-12-24(27)19-30(39)28(22-43-26-14-5-4-6-15-26)36-33(42)29(20-31(35)40)38-18-17-23-11-7-8-13-25(23)21-38/h4-16,28-30,39H,17-22H2,1-3H3,(H2,35,40)(H,36,42)(H,37,41)/t28-,29-,30+/m0/s1. The molecule has 0 aliphatic carbocycles. The Kier molecular flexibility index (Phi) is 11.0. The molecule has 1 heterocycles. The zero-order valence-electron chi connectivity index (χ0n) is 25.1. The Morgan fingerprint density at radius 2 is 1.60 bits per heavy atom. The van der Waals surface area contributed by atoms with E-state index >= 15 is 0 Å². The summed E-state index contributed by atoms with van der Waals surface area (Å²) >= 11 is 1.52. The largest absolute Gasteiger partial charge is 0.391 e. The van der Waals surface area contributed by atoms with Crippen LogP contribution in [0, 0.1) is 0 Å². The fourth-order valence-electron chi connectivity index (χ4n) is 5.29. The molecule has 0 unspecified atom stereocenters. The summed E-state index contributed by atoms with van der Waals surface area (Å²) in [5, 5.41) is 17.6. The lowest BCUT2D eigenvalue weighted by Crippen LogP contribution is -2.55. The van der Waals surface area contributed by atoms with Gasteiger partial charge < -0.3 is 21.5 Å². The molecule has 9 heteroatoms. The van der Waals surface area contributed by atoms with E-state index in [1.54, 1.807) is 12.1 Å². The summed E-state index contributed by atoms with van der Waals surface area (Å²) in [4.78, 5) is 42.0. The Morgan fingerprint density at radius 3 is 2.30 bits per heavy atom. The van der Waals surface area contributed by atoms with E-state index in [1.807, 2.05) is 86.3 Å². The predicted molar refractivity (Wildman–Crippen MR) is 171 cm³/mol. The fourth-order valence-corrected chi connectivity index (χ4v) is 6.31. The molecule has 1 aliphatic heterocycles. The molecule has 0 saturated heterocycles. The number of fused-ring (bicyclic) bond motifs is 1. The van der Waals surface area contributed by atoms with Crippen LogP contribution in [0.5, 0.6) is 0 Å². The first-order valence-corrected chi connectivity index (χ1v) is 15.6. The van der Waals surface area contributed by atoms with E-state index in [0.29, 0.717) is 30.0 Å². The van der Waals surface area contributed by atoms with Crippen LogP contribution in [0.15, 0.2) is 83.8 Å². The first-order chi connectivity index (χ1) is 20.5. The van der Waals surface area contributed by atoms with Crippen molar-refractivity contribution in [1.82, 2.24) is 15.5 Å². The summed E-state index contributed by atoms with van der Waals surface area (Å²) in [6.45, 7) is 6.89. The second-order valence-corrected chi connectivity index (χ2v) is 13.1. The van der Waals surface area contributed by atoms with Crippen LogP contribution in [-0.2, 0) is 29.0 Å². The number of nitrogens with one attached hydrogen (secondary N) is 2. The van der Waals surface area contributed by atoms with Crippen molar-refractivity contribution in [1.29, 1.82) is 0 Å². The zero-order valence-corrected chi connectivity index (χ0v) is 25.9. The summed E-state index contributed by atoms with van der Waals surface area (Å²) in [6, 6.07) is 23.6. The molecule has 3 atom stereocenters. The average molecular weight is 603 g/mol. The minimum absolute atomic E-state index is 0.127. The normalized spacial score (nSPS) is 15.5. The quantitative estimate of drug-likeness (QED) is 0.235. The van der Waals surface area contributed by atoms with Crippen LogP contribution in [0.3, 0.4) is 0 Å². The molecule has 3 aromatic carbocycles. The number of hydrogen-bond acceptors (Lipinski definition) is 6. The molecule has 3 aromatic rings. The number of hydrogen-bond donors (Lipinski definition) is 4.